The lowest BCUT2D eigenvalue weighted by Gasteiger charge is -2.30. The summed E-state index contributed by atoms with van der Waals surface area (Å²) in [6.45, 7) is 6.53. The fourth-order valence-corrected chi connectivity index (χ4v) is 3.01. The molecule has 0 amide bonds. The molecule has 1 aliphatic carbocycles. The van der Waals surface area contributed by atoms with Gasteiger partial charge >= 0.3 is 0 Å². The molecule has 1 fully saturated rings. The Bertz CT molecular complexity index is 418. The van der Waals surface area contributed by atoms with Crippen molar-refractivity contribution < 1.29 is 4.39 Å². The maximum Gasteiger partial charge on any atom is 0.123 e. The van der Waals surface area contributed by atoms with Crippen LogP contribution in [0, 0.1) is 18.2 Å². The summed E-state index contributed by atoms with van der Waals surface area (Å²) in [5, 5.41) is 0. The zero-order chi connectivity index (χ0) is 13.4. The number of rotatable bonds is 1. The lowest BCUT2D eigenvalue weighted by atomic mass is 9.81. The van der Waals surface area contributed by atoms with E-state index in [4.69, 9.17) is 5.73 Å². The van der Waals surface area contributed by atoms with Crippen molar-refractivity contribution in [2.75, 3.05) is 0 Å². The molecule has 2 rings (SSSR count). The predicted octanol–water partition coefficient (Wildman–Crippen LogP) is 4.28. The minimum absolute atomic E-state index is 0.168. The van der Waals surface area contributed by atoms with Gasteiger partial charge in [-0.3, -0.25) is 0 Å². The molecule has 0 bridgehead atoms. The molecule has 1 aromatic carbocycles. The van der Waals surface area contributed by atoms with Crippen LogP contribution in [0.5, 0.6) is 0 Å². The van der Waals surface area contributed by atoms with Gasteiger partial charge in [0.15, 0.2) is 0 Å². The van der Waals surface area contributed by atoms with Crippen molar-refractivity contribution in [3.8, 4) is 0 Å². The molecular formula is C16H24FN. The van der Waals surface area contributed by atoms with Crippen LogP contribution in [0.2, 0.25) is 0 Å². The van der Waals surface area contributed by atoms with Gasteiger partial charge in [0, 0.05) is 5.54 Å². The molecule has 0 aromatic heterocycles. The van der Waals surface area contributed by atoms with E-state index in [-0.39, 0.29) is 11.4 Å². The number of halogens is 1. The minimum Gasteiger partial charge on any atom is -0.321 e. The Kier molecular flexibility index (Phi) is 3.50. The van der Waals surface area contributed by atoms with Crippen molar-refractivity contribution >= 4 is 0 Å². The third-order valence-corrected chi connectivity index (χ3v) is 4.34. The molecular weight excluding hydrogens is 225 g/mol. The van der Waals surface area contributed by atoms with E-state index in [0.29, 0.717) is 5.41 Å². The molecule has 0 heterocycles. The number of nitrogens with two attached hydrogens (primary N) is 1. The first-order valence-corrected chi connectivity index (χ1v) is 6.87. The summed E-state index contributed by atoms with van der Waals surface area (Å²) in [5.41, 5.74) is 8.52. The molecule has 0 spiro atoms. The van der Waals surface area contributed by atoms with E-state index in [0.717, 1.165) is 36.8 Å². The Hall–Kier alpha value is -0.890. The zero-order valence-electron chi connectivity index (χ0n) is 11.7. The van der Waals surface area contributed by atoms with Gasteiger partial charge in [-0.15, -0.1) is 0 Å². The van der Waals surface area contributed by atoms with Gasteiger partial charge in [0.05, 0.1) is 0 Å². The predicted molar refractivity (Wildman–Crippen MR) is 73.9 cm³/mol. The van der Waals surface area contributed by atoms with Crippen molar-refractivity contribution in [3.63, 3.8) is 0 Å². The van der Waals surface area contributed by atoms with E-state index in [1.54, 1.807) is 12.1 Å². The average molecular weight is 249 g/mol. The van der Waals surface area contributed by atoms with Crippen molar-refractivity contribution in [1.82, 2.24) is 0 Å². The van der Waals surface area contributed by atoms with Gasteiger partial charge in [-0.25, -0.2) is 4.39 Å². The molecule has 0 aliphatic heterocycles. The summed E-state index contributed by atoms with van der Waals surface area (Å²) in [6, 6.07) is 5.22. The average Bonchev–Trinajstić information content (AvgIpc) is 2.38. The zero-order valence-corrected chi connectivity index (χ0v) is 11.7. The smallest absolute Gasteiger partial charge is 0.123 e. The third-order valence-electron chi connectivity index (χ3n) is 4.34. The summed E-state index contributed by atoms with van der Waals surface area (Å²) >= 11 is 0. The first-order valence-electron chi connectivity index (χ1n) is 6.87. The molecule has 0 saturated heterocycles. The first-order chi connectivity index (χ1) is 8.31. The van der Waals surface area contributed by atoms with Gasteiger partial charge in [0.25, 0.3) is 0 Å². The summed E-state index contributed by atoms with van der Waals surface area (Å²) in [6.07, 6.45) is 5.35. The first kappa shape index (κ1) is 13.5. The normalized spacial score (nSPS) is 27.8. The topological polar surface area (TPSA) is 26.0 Å². The van der Waals surface area contributed by atoms with Gasteiger partial charge in [0.1, 0.15) is 5.82 Å². The number of benzene rings is 1. The molecule has 2 N–H and O–H groups in total. The summed E-state index contributed by atoms with van der Waals surface area (Å²) < 4.78 is 13.6. The second-order valence-electron chi connectivity index (χ2n) is 6.69. The van der Waals surface area contributed by atoms with Crippen LogP contribution in [0.1, 0.15) is 57.1 Å². The van der Waals surface area contributed by atoms with E-state index in [9.17, 15) is 4.39 Å². The molecule has 1 atom stereocenters. The lowest BCUT2D eigenvalue weighted by molar-refractivity contribution is 0.299. The van der Waals surface area contributed by atoms with Crippen molar-refractivity contribution in [1.29, 1.82) is 0 Å². The van der Waals surface area contributed by atoms with Gasteiger partial charge < -0.3 is 5.73 Å². The molecule has 1 unspecified atom stereocenters. The standard InChI is InChI=1S/C16H24FN/c1-12-9-13(11-14(17)10-12)16(18)6-4-5-15(2,3)7-8-16/h9-11H,4-8,18H2,1-3H3. The maximum atomic E-state index is 13.6. The summed E-state index contributed by atoms with van der Waals surface area (Å²) in [7, 11) is 0. The Morgan fingerprint density at radius 3 is 2.44 bits per heavy atom. The van der Waals surface area contributed by atoms with Crippen molar-refractivity contribution in [2.45, 2.75) is 58.4 Å². The van der Waals surface area contributed by atoms with E-state index in [2.05, 4.69) is 13.8 Å². The fraction of sp³-hybridized carbons (Fsp3) is 0.625. The molecule has 18 heavy (non-hydrogen) atoms. The van der Waals surface area contributed by atoms with Gasteiger partial charge in [-0.05, 0) is 61.3 Å². The Morgan fingerprint density at radius 2 is 1.78 bits per heavy atom. The van der Waals surface area contributed by atoms with Crippen LogP contribution >= 0.6 is 0 Å². The highest BCUT2D eigenvalue weighted by Crippen LogP contribution is 2.41. The maximum absolute atomic E-state index is 13.6. The van der Waals surface area contributed by atoms with E-state index < -0.39 is 0 Å². The fourth-order valence-electron chi connectivity index (χ4n) is 3.01. The highest BCUT2D eigenvalue weighted by molar-refractivity contribution is 5.30. The highest BCUT2D eigenvalue weighted by Gasteiger charge is 2.34. The molecule has 1 nitrogen and oxygen atoms in total. The van der Waals surface area contributed by atoms with Crippen molar-refractivity contribution in [3.05, 3.63) is 35.1 Å². The molecule has 0 radical (unpaired) electrons. The van der Waals surface area contributed by atoms with Crippen LogP contribution in [0.15, 0.2) is 18.2 Å². The molecule has 1 aromatic rings. The van der Waals surface area contributed by atoms with E-state index in [1.165, 1.54) is 6.42 Å². The minimum atomic E-state index is -0.347. The largest absolute Gasteiger partial charge is 0.321 e. The molecule has 1 saturated carbocycles. The second kappa shape index (κ2) is 4.65. The highest BCUT2D eigenvalue weighted by atomic mass is 19.1. The number of hydrogen-bond donors (Lipinski definition) is 1. The van der Waals surface area contributed by atoms with Crippen molar-refractivity contribution in [2.24, 2.45) is 11.1 Å². The second-order valence-corrected chi connectivity index (χ2v) is 6.69. The van der Waals surface area contributed by atoms with Crippen LogP contribution in [-0.2, 0) is 5.54 Å². The SMILES string of the molecule is Cc1cc(F)cc(C2(N)CCCC(C)(C)CC2)c1. The van der Waals surface area contributed by atoms with Crippen LogP contribution in [0.25, 0.3) is 0 Å². The molecule has 2 heteroatoms. The quantitative estimate of drug-likeness (QED) is 0.739. The van der Waals surface area contributed by atoms with Crippen LogP contribution in [0.3, 0.4) is 0 Å². The van der Waals surface area contributed by atoms with Crippen LogP contribution in [-0.4, -0.2) is 0 Å². The Labute approximate surface area is 110 Å². The number of aryl methyl sites for hydroxylation is 1. The summed E-state index contributed by atoms with van der Waals surface area (Å²) in [5.74, 6) is -0.168. The van der Waals surface area contributed by atoms with Gasteiger partial charge in [-0.1, -0.05) is 26.3 Å². The summed E-state index contributed by atoms with van der Waals surface area (Å²) in [4.78, 5) is 0. The van der Waals surface area contributed by atoms with Gasteiger partial charge in [0.2, 0.25) is 0 Å². The third kappa shape index (κ3) is 2.92. The van der Waals surface area contributed by atoms with E-state index in [1.807, 2.05) is 13.0 Å². The number of hydrogen-bond acceptors (Lipinski definition) is 1. The van der Waals surface area contributed by atoms with Crippen LogP contribution in [0.4, 0.5) is 4.39 Å². The van der Waals surface area contributed by atoms with E-state index >= 15 is 0 Å². The molecule has 100 valence electrons. The Balaban J connectivity index is 2.30. The lowest BCUT2D eigenvalue weighted by Crippen LogP contribution is -2.36. The Morgan fingerprint density at radius 1 is 1.06 bits per heavy atom. The van der Waals surface area contributed by atoms with Crippen LogP contribution < -0.4 is 5.73 Å². The molecule has 1 aliphatic rings. The van der Waals surface area contributed by atoms with Gasteiger partial charge in [-0.2, -0.15) is 0 Å². The monoisotopic (exact) mass is 249 g/mol.